The summed E-state index contributed by atoms with van der Waals surface area (Å²) in [5.74, 6) is 1.60. The molecule has 1 fully saturated rings. The number of carbonyl (C=O) groups excluding carboxylic acids is 1. The lowest BCUT2D eigenvalue weighted by molar-refractivity contribution is -0.131. The number of oxazole rings is 1. The molecule has 2 heterocycles. The highest BCUT2D eigenvalue weighted by molar-refractivity contribution is 5.78. The molecule has 1 aromatic heterocycles. The van der Waals surface area contributed by atoms with E-state index in [0.29, 0.717) is 12.3 Å². The predicted octanol–water partition coefficient (Wildman–Crippen LogP) is 2.84. The normalized spacial score (nSPS) is 16.7. The van der Waals surface area contributed by atoms with E-state index in [1.165, 1.54) is 6.42 Å². The molecule has 19 heavy (non-hydrogen) atoms. The molecule has 0 aliphatic carbocycles. The van der Waals surface area contributed by atoms with Gasteiger partial charge in [-0.15, -0.1) is 0 Å². The molecule has 1 saturated heterocycles. The number of amides is 1. The fourth-order valence-corrected chi connectivity index (χ4v) is 2.31. The first-order valence-corrected chi connectivity index (χ1v) is 7.12. The summed E-state index contributed by atoms with van der Waals surface area (Å²) in [5.41, 5.74) is 0.729. The molecule has 106 valence electrons. The molecule has 4 heteroatoms. The first-order chi connectivity index (χ1) is 8.88. The molecular formula is C15H24N2O2. The molecule has 0 atom stereocenters. The van der Waals surface area contributed by atoms with Crippen molar-refractivity contribution in [2.24, 2.45) is 0 Å². The third-order valence-electron chi connectivity index (χ3n) is 3.55. The van der Waals surface area contributed by atoms with Crippen molar-refractivity contribution in [3.63, 3.8) is 0 Å². The van der Waals surface area contributed by atoms with Crippen molar-refractivity contribution in [1.29, 1.82) is 0 Å². The largest absolute Gasteiger partial charge is 0.444 e. The summed E-state index contributed by atoms with van der Waals surface area (Å²) in [6, 6.07) is 0. The molecule has 1 aromatic rings. The Labute approximate surface area is 115 Å². The summed E-state index contributed by atoms with van der Waals surface area (Å²) in [7, 11) is 0. The zero-order valence-corrected chi connectivity index (χ0v) is 12.5. The average molecular weight is 264 g/mol. The molecule has 1 amide bonds. The predicted molar refractivity (Wildman–Crippen MR) is 74.1 cm³/mol. The van der Waals surface area contributed by atoms with Crippen molar-refractivity contribution >= 4 is 5.91 Å². The van der Waals surface area contributed by atoms with Gasteiger partial charge < -0.3 is 9.32 Å². The molecule has 0 saturated carbocycles. The minimum Gasteiger partial charge on any atom is -0.444 e. The second kappa shape index (κ2) is 5.35. The van der Waals surface area contributed by atoms with Crippen LogP contribution in [-0.4, -0.2) is 28.9 Å². The van der Waals surface area contributed by atoms with Gasteiger partial charge >= 0.3 is 0 Å². The number of likely N-dealkylation sites (tertiary alicyclic amines) is 1. The molecule has 4 nitrogen and oxygen atoms in total. The number of carbonyl (C=O) groups is 1. The number of aryl methyl sites for hydroxylation is 1. The molecule has 1 aliphatic heterocycles. The van der Waals surface area contributed by atoms with Crippen LogP contribution in [0.25, 0.3) is 0 Å². The number of nitrogens with zero attached hydrogens (tertiary/aromatic N) is 2. The SMILES string of the molecule is Cc1nc(C(C)(C)C)oc1CC(=O)N1CCCCC1. The quantitative estimate of drug-likeness (QED) is 0.825. The molecule has 0 N–H and O–H groups in total. The van der Waals surface area contributed by atoms with Gasteiger partial charge in [-0.2, -0.15) is 0 Å². The van der Waals surface area contributed by atoms with E-state index < -0.39 is 0 Å². The number of aromatic nitrogens is 1. The lowest BCUT2D eigenvalue weighted by Crippen LogP contribution is -2.36. The maximum absolute atomic E-state index is 12.2. The van der Waals surface area contributed by atoms with Gasteiger partial charge in [0.25, 0.3) is 0 Å². The molecule has 0 aromatic carbocycles. The molecule has 0 radical (unpaired) electrons. The summed E-state index contributed by atoms with van der Waals surface area (Å²) < 4.78 is 5.78. The molecular weight excluding hydrogens is 240 g/mol. The number of rotatable bonds is 2. The number of hydrogen-bond acceptors (Lipinski definition) is 3. The first-order valence-electron chi connectivity index (χ1n) is 7.12. The van der Waals surface area contributed by atoms with Crippen molar-refractivity contribution in [1.82, 2.24) is 9.88 Å². The van der Waals surface area contributed by atoms with E-state index >= 15 is 0 Å². The van der Waals surface area contributed by atoms with E-state index in [9.17, 15) is 4.79 Å². The Kier molecular flexibility index (Phi) is 3.97. The van der Waals surface area contributed by atoms with Crippen molar-refractivity contribution < 1.29 is 9.21 Å². The van der Waals surface area contributed by atoms with Crippen LogP contribution in [0, 0.1) is 6.92 Å². The van der Waals surface area contributed by atoms with E-state index in [0.717, 1.165) is 37.4 Å². The Morgan fingerprint density at radius 3 is 2.42 bits per heavy atom. The first kappa shape index (κ1) is 14.1. The Bertz CT molecular complexity index is 451. The molecule has 0 bridgehead atoms. The highest BCUT2D eigenvalue weighted by Gasteiger charge is 2.24. The zero-order valence-electron chi connectivity index (χ0n) is 12.5. The molecule has 2 rings (SSSR count). The van der Waals surface area contributed by atoms with Crippen LogP contribution in [0.4, 0.5) is 0 Å². The van der Waals surface area contributed by atoms with E-state index in [-0.39, 0.29) is 11.3 Å². The summed E-state index contributed by atoms with van der Waals surface area (Å²) in [4.78, 5) is 18.6. The average Bonchev–Trinajstić information content (AvgIpc) is 2.72. The third kappa shape index (κ3) is 3.37. The standard InChI is InChI=1S/C15H24N2O2/c1-11-12(19-14(16-11)15(2,3)4)10-13(18)17-8-6-5-7-9-17/h5-10H2,1-4H3. The van der Waals surface area contributed by atoms with Gasteiger partial charge in [-0.05, 0) is 26.2 Å². The van der Waals surface area contributed by atoms with Crippen LogP contribution in [0.15, 0.2) is 4.42 Å². The van der Waals surface area contributed by atoms with Gasteiger partial charge in [0, 0.05) is 18.5 Å². The minimum atomic E-state index is -0.114. The smallest absolute Gasteiger partial charge is 0.230 e. The van der Waals surface area contributed by atoms with Gasteiger partial charge in [0.05, 0.1) is 12.1 Å². The Hall–Kier alpha value is -1.32. The van der Waals surface area contributed by atoms with E-state index in [2.05, 4.69) is 25.8 Å². The zero-order chi connectivity index (χ0) is 14.0. The van der Waals surface area contributed by atoms with Gasteiger partial charge in [-0.1, -0.05) is 20.8 Å². The molecule has 1 aliphatic rings. The maximum Gasteiger partial charge on any atom is 0.230 e. The number of piperidine rings is 1. The monoisotopic (exact) mass is 264 g/mol. The van der Waals surface area contributed by atoms with Gasteiger partial charge in [0.1, 0.15) is 5.76 Å². The van der Waals surface area contributed by atoms with E-state index in [4.69, 9.17) is 4.42 Å². The highest BCUT2D eigenvalue weighted by Crippen LogP contribution is 2.24. The van der Waals surface area contributed by atoms with Crippen molar-refractivity contribution in [2.75, 3.05) is 13.1 Å². The van der Waals surface area contributed by atoms with Crippen LogP contribution in [0.2, 0.25) is 0 Å². The second-order valence-corrected chi connectivity index (χ2v) is 6.40. The van der Waals surface area contributed by atoms with E-state index in [1.807, 2.05) is 11.8 Å². The summed E-state index contributed by atoms with van der Waals surface area (Å²) in [6.07, 6.45) is 3.82. The summed E-state index contributed by atoms with van der Waals surface area (Å²) in [5, 5.41) is 0. The number of hydrogen-bond donors (Lipinski definition) is 0. The van der Waals surface area contributed by atoms with Gasteiger partial charge in [0.15, 0.2) is 5.89 Å². The Morgan fingerprint density at radius 2 is 1.89 bits per heavy atom. The van der Waals surface area contributed by atoms with Crippen LogP contribution in [0.1, 0.15) is 57.4 Å². The van der Waals surface area contributed by atoms with Gasteiger partial charge in [-0.25, -0.2) is 4.98 Å². The molecule has 0 spiro atoms. The van der Waals surface area contributed by atoms with Crippen LogP contribution in [0.3, 0.4) is 0 Å². The lowest BCUT2D eigenvalue weighted by Gasteiger charge is -2.26. The highest BCUT2D eigenvalue weighted by atomic mass is 16.4. The topological polar surface area (TPSA) is 46.3 Å². The molecule has 0 unspecified atom stereocenters. The second-order valence-electron chi connectivity index (χ2n) is 6.40. The van der Waals surface area contributed by atoms with Crippen LogP contribution >= 0.6 is 0 Å². The van der Waals surface area contributed by atoms with Crippen LogP contribution in [-0.2, 0) is 16.6 Å². The fourth-order valence-electron chi connectivity index (χ4n) is 2.31. The Morgan fingerprint density at radius 1 is 1.26 bits per heavy atom. The third-order valence-corrected chi connectivity index (χ3v) is 3.55. The Balaban J connectivity index is 2.06. The van der Waals surface area contributed by atoms with Crippen molar-refractivity contribution in [3.05, 3.63) is 17.3 Å². The van der Waals surface area contributed by atoms with Crippen LogP contribution < -0.4 is 0 Å². The van der Waals surface area contributed by atoms with Crippen molar-refractivity contribution in [3.8, 4) is 0 Å². The van der Waals surface area contributed by atoms with Crippen LogP contribution in [0.5, 0.6) is 0 Å². The summed E-state index contributed by atoms with van der Waals surface area (Å²) in [6.45, 7) is 9.88. The fraction of sp³-hybridized carbons (Fsp3) is 0.733. The maximum atomic E-state index is 12.2. The minimum absolute atomic E-state index is 0.114. The summed E-state index contributed by atoms with van der Waals surface area (Å²) >= 11 is 0. The van der Waals surface area contributed by atoms with Gasteiger partial charge in [0.2, 0.25) is 5.91 Å². The lowest BCUT2D eigenvalue weighted by atomic mass is 9.97. The van der Waals surface area contributed by atoms with E-state index in [1.54, 1.807) is 0 Å². The van der Waals surface area contributed by atoms with Gasteiger partial charge in [-0.3, -0.25) is 4.79 Å². The van der Waals surface area contributed by atoms with Crippen molar-refractivity contribution in [2.45, 2.75) is 58.8 Å².